The van der Waals surface area contributed by atoms with Crippen molar-refractivity contribution in [2.24, 2.45) is 0 Å². The predicted octanol–water partition coefficient (Wildman–Crippen LogP) is 7.31. The Hall–Kier alpha value is -6.58. The monoisotopic (exact) mass is 844 g/mol. The van der Waals surface area contributed by atoms with Gasteiger partial charge >= 0.3 is 0 Å². The molecule has 7 aromatic rings. The average molecular weight is 845 g/mol. The van der Waals surface area contributed by atoms with Crippen molar-refractivity contribution < 1.29 is 44.7 Å². The number of aryl methyl sites for hydroxylation is 4. The van der Waals surface area contributed by atoms with E-state index in [-0.39, 0.29) is 21.6 Å². The first-order chi connectivity index (χ1) is 28.5. The van der Waals surface area contributed by atoms with Gasteiger partial charge in [-0.25, -0.2) is 16.8 Å². The Morgan fingerprint density at radius 1 is 0.567 bits per heavy atom. The Kier molecular flexibility index (Phi) is 14.4. The fraction of sp³-hybridized carbons (Fsp3) is 0.130. The van der Waals surface area contributed by atoms with Crippen molar-refractivity contribution in [1.82, 2.24) is 0 Å². The molecule has 0 unspecified atom stereocenters. The topological polar surface area (TPSA) is 180 Å². The number of amides is 2. The lowest BCUT2D eigenvalue weighted by Gasteiger charge is -2.10. The van der Waals surface area contributed by atoms with Crippen LogP contribution in [0.2, 0.25) is 0 Å². The largest absolute Gasteiger partial charge is 0.744 e. The summed E-state index contributed by atoms with van der Waals surface area (Å²) in [7, 11) is -8.54. The van der Waals surface area contributed by atoms with E-state index in [1.165, 1.54) is 24.3 Å². The number of pyridine rings is 2. The van der Waals surface area contributed by atoms with Crippen LogP contribution in [0.3, 0.4) is 0 Å². The van der Waals surface area contributed by atoms with Gasteiger partial charge in [0, 0.05) is 57.5 Å². The molecular weight excluding hydrogens is 801 g/mol. The maximum Gasteiger partial charge on any atom is 0.255 e. The molecule has 0 saturated carbocycles. The molecule has 2 N–H and O–H groups in total. The molecule has 14 heteroatoms. The Morgan fingerprint density at radius 2 is 0.967 bits per heavy atom. The summed E-state index contributed by atoms with van der Waals surface area (Å²) in [6.07, 6.45) is 4.08. The van der Waals surface area contributed by atoms with E-state index in [1.807, 2.05) is 86.9 Å². The second-order valence-electron chi connectivity index (χ2n) is 13.6. The normalized spacial score (nSPS) is 11.1. The van der Waals surface area contributed by atoms with Crippen LogP contribution >= 0.6 is 0 Å². The summed E-state index contributed by atoms with van der Waals surface area (Å²) in [4.78, 5) is 25.4. The summed E-state index contributed by atoms with van der Waals surface area (Å²) < 4.78 is 66.6. The van der Waals surface area contributed by atoms with E-state index in [1.54, 1.807) is 48.5 Å². The van der Waals surface area contributed by atoms with Crippen LogP contribution in [0.1, 0.15) is 40.9 Å². The van der Waals surface area contributed by atoms with E-state index in [9.17, 15) is 35.5 Å². The number of benzene rings is 5. The number of rotatable bonds is 9. The lowest BCUT2D eigenvalue weighted by Crippen LogP contribution is -2.32. The van der Waals surface area contributed by atoms with Crippen LogP contribution in [0.15, 0.2) is 162 Å². The molecule has 0 aliphatic rings. The molecule has 0 saturated heterocycles. The average Bonchev–Trinajstić information content (AvgIpc) is 3.23. The quantitative estimate of drug-likeness (QED) is 0.0862. The molecule has 5 aromatic carbocycles. The third-order valence-electron chi connectivity index (χ3n) is 9.34. The SMILES string of the molecule is C=C(C(=O)Nc1ccc2c(ccc[n+]2CC)c1)c1ccc(C(=O)Nc2ccc3c(ccc[n+]3CC)c2)cc1.Cc1ccc(S(=O)(=O)[O-])cc1.Cc1ccc(S(=O)(=O)[O-])cc1. The Balaban J connectivity index is 0.000000252. The highest BCUT2D eigenvalue weighted by Gasteiger charge is 2.15. The summed E-state index contributed by atoms with van der Waals surface area (Å²) in [5, 5.41) is 8.00. The summed E-state index contributed by atoms with van der Waals surface area (Å²) in [6, 6.07) is 38.2. The number of hydrogen-bond acceptors (Lipinski definition) is 8. The van der Waals surface area contributed by atoms with E-state index in [0.717, 1.165) is 51.7 Å². The molecule has 0 bridgehead atoms. The highest BCUT2D eigenvalue weighted by Crippen LogP contribution is 2.21. The molecule has 0 aliphatic carbocycles. The van der Waals surface area contributed by atoms with Gasteiger partial charge in [-0.05, 0) is 106 Å². The van der Waals surface area contributed by atoms with E-state index < -0.39 is 20.2 Å². The van der Waals surface area contributed by atoms with Gasteiger partial charge in [-0.2, -0.15) is 9.13 Å². The molecular formula is C46H44N4O8S2. The maximum absolute atomic E-state index is 12.9. The van der Waals surface area contributed by atoms with Crippen LogP contribution in [-0.2, 0) is 38.1 Å². The predicted molar refractivity (Wildman–Crippen MR) is 230 cm³/mol. The van der Waals surface area contributed by atoms with Gasteiger partial charge in [0.05, 0.1) is 9.79 Å². The van der Waals surface area contributed by atoms with Gasteiger partial charge in [0.25, 0.3) is 11.8 Å². The molecule has 0 spiro atoms. The van der Waals surface area contributed by atoms with Gasteiger partial charge in [0.15, 0.2) is 12.4 Å². The summed E-state index contributed by atoms with van der Waals surface area (Å²) in [6.45, 7) is 13.6. The number of aromatic nitrogens is 2. The van der Waals surface area contributed by atoms with Gasteiger partial charge in [-0.3, -0.25) is 9.59 Å². The van der Waals surface area contributed by atoms with Crippen molar-refractivity contribution in [2.45, 2.75) is 50.6 Å². The van der Waals surface area contributed by atoms with Crippen LogP contribution < -0.4 is 19.8 Å². The second kappa shape index (κ2) is 19.4. The fourth-order valence-electron chi connectivity index (χ4n) is 6.04. The zero-order valence-corrected chi connectivity index (χ0v) is 35.1. The number of fused-ring (bicyclic) bond motifs is 2. The minimum absolute atomic E-state index is 0.178. The minimum atomic E-state index is -4.27. The molecule has 2 heterocycles. The van der Waals surface area contributed by atoms with Crippen LogP contribution in [0.5, 0.6) is 0 Å². The molecule has 12 nitrogen and oxygen atoms in total. The number of carbonyl (C=O) groups is 2. The van der Waals surface area contributed by atoms with E-state index in [2.05, 4.69) is 40.2 Å². The number of carbonyl (C=O) groups excluding carboxylic acids is 2. The summed E-state index contributed by atoms with van der Waals surface area (Å²) in [5.41, 5.74) is 6.98. The molecule has 0 radical (unpaired) electrons. The second-order valence-corrected chi connectivity index (χ2v) is 16.4. The fourth-order valence-corrected chi connectivity index (χ4v) is 6.98. The number of nitrogens with one attached hydrogen (secondary N) is 2. The van der Waals surface area contributed by atoms with Gasteiger partial charge < -0.3 is 19.7 Å². The van der Waals surface area contributed by atoms with Crippen LogP contribution in [0.4, 0.5) is 11.4 Å². The molecule has 2 aromatic heterocycles. The van der Waals surface area contributed by atoms with Crippen molar-refractivity contribution in [3.05, 3.63) is 175 Å². The maximum atomic E-state index is 12.9. The minimum Gasteiger partial charge on any atom is -0.744 e. The zero-order chi connectivity index (χ0) is 43.6. The smallest absolute Gasteiger partial charge is 0.255 e. The van der Waals surface area contributed by atoms with Crippen molar-refractivity contribution in [3.8, 4) is 0 Å². The molecule has 7 rings (SSSR count). The lowest BCUT2D eigenvalue weighted by molar-refractivity contribution is -0.668. The summed E-state index contributed by atoms with van der Waals surface area (Å²) in [5.74, 6) is -0.507. The first-order valence-electron chi connectivity index (χ1n) is 18.8. The molecule has 0 aliphatic heterocycles. The zero-order valence-electron chi connectivity index (χ0n) is 33.5. The third-order valence-corrected chi connectivity index (χ3v) is 11.0. The van der Waals surface area contributed by atoms with Crippen molar-refractivity contribution in [3.63, 3.8) is 0 Å². The molecule has 308 valence electrons. The van der Waals surface area contributed by atoms with Gasteiger partial charge in [-0.15, -0.1) is 0 Å². The highest BCUT2D eigenvalue weighted by atomic mass is 32.2. The molecule has 0 fully saturated rings. The number of nitrogens with zero attached hydrogens (tertiary/aromatic N) is 2. The van der Waals surface area contributed by atoms with Crippen LogP contribution in [-0.4, -0.2) is 37.8 Å². The van der Waals surface area contributed by atoms with Crippen molar-refractivity contribution in [1.29, 1.82) is 0 Å². The number of hydrogen-bond donors (Lipinski definition) is 2. The number of anilines is 2. The van der Waals surface area contributed by atoms with Gasteiger partial charge in [-0.1, -0.05) is 54.1 Å². The van der Waals surface area contributed by atoms with Crippen molar-refractivity contribution >= 4 is 70.8 Å². The summed E-state index contributed by atoms with van der Waals surface area (Å²) >= 11 is 0. The van der Waals surface area contributed by atoms with E-state index >= 15 is 0 Å². The standard InChI is InChI=1S/C32H28N4O2.2C7H8O3S/c1-4-35-18-6-8-25-20-27(14-16-29(25)35)33-31(37)22(3)23-10-12-24(13-11-23)32(38)34-28-15-17-30-26(21-28)9-7-19-36(30)5-2;2*1-6-2-4-7(5-3-6)11(8,9)10/h6-21H,3-5H2,1-2H3;2*2-5H,1H3,(H,8,9,10). The third kappa shape index (κ3) is 11.8. The Bertz CT molecular complexity index is 2830. The van der Waals surface area contributed by atoms with Crippen LogP contribution in [0.25, 0.3) is 27.4 Å². The van der Waals surface area contributed by atoms with E-state index in [0.29, 0.717) is 22.4 Å². The lowest BCUT2D eigenvalue weighted by atomic mass is 10.0. The molecule has 60 heavy (non-hydrogen) atoms. The Labute approximate surface area is 350 Å². The first-order valence-corrected chi connectivity index (χ1v) is 21.6. The van der Waals surface area contributed by atoms with Crippen LogP contribution in [0, 0.1) is 13.8 Å². The highest BCUT2D eigenvalue weighted by molar-refractivity contribution is 7.86. The van der Waals surface area contributed by atoms with Crippen molar-refractivity contribution in [2.75, 3.05) is 10.6 Å². The van der Waals surface area contributed by atoms with Gasteiger partial charge in [0.2, 0.25) is 11.0 Å². The van der Waals surface area contributed by atoms with Gasteiger partial charge in [0.1, 0.15) is 33.3 Å². The van der Waals surface area contributed by atoms with E-state index in [4.69, 9.17) is 0 Å². The first kappa shape index (κ1) is 44.5. The molecule has 0 atom stereocenters. The molecule has 2 amide bonds. The Morgan fingerprint density at radius 3 is 1.37 bits per heavy atom.